The quantitative estimate of drug-likeness (QED) is 0.896. The van der Waals surface area contributed by atoms with Gasteiger partial charge in [0.25, 0.3) is 0 Å². The average Bonchev–Trinajstić information content (AvgIpc) is 3.08. The molecule has 0 aliphatic carbocycles. The van der Waals surface area contributed by atoms with Crippen LogP contribution in [0.2, 0.25) is 0 Å². The lowest BCUT2D eigenvalue weighted by molar-refractivity contribution is 0.174. The van der Waals surface area contributed by atoms with Crippen molar-refractivity contribution < 1.29 is 18.9 Å². The van der Waals surface area contributed by atoms with Crippen molar-refractivity contribution in [3.8, 4) is 23.0 Å². The van der Waals surface area contributed by atoms with Crippen LogP contribution in [0.5, 0.6) is 23.0 Å². The first-order chi connectivity index (χ1) is 9.42. The number of para-hydroxylation sites is 2. The van der Waals surface area contributed by atoms with Gasteiger partial charge in [-0.05, 0) is 24.3 Å². The number of ether oxygens (including phenoxy) is 4. The number of anilines is 2. The molecular weight excluding hydrogens is 246 g/mol. The molecule has 2 aliphatic heterocycles. The van der Waals surface area contributed by atoms with Crippen LogP contribution in [0.3, 0.4) is 0 Å². The maximum absolute atomic E-state index is 5.46. The Morgan fingerprint density at radius 3 is 1.74 bits per heavy atom. The van der Waals surface area contributed by atoms with Crippen molar-refractivity contribution in [3.05, 3.63) is 36.4 Å². The summed E-state index contributed by atoms with van der Waals surface area (Å²) in [7, 11) is 0. The second kappa shape index (κ2) is 3.98. The van der Waals surface area contributed by atoms with Gasteiger partial charge in [-0.3, -0.25) is 0 Å². The third-order valence-electron chi connectivity index (χ3n) is 3.06. The Hall–Kier alpha value is -2.56. The molecule has 2 aliphatic rings. The molecule has 96 valence electrons. The minimum atomic E-state index is 0.251. The van der Waals surface area contributed by atoms with E-state index < -0.39 is 0 Å². The molecule has 2 heterocycles. The van der Waals surface area contributed by atoms with Crippen LogP contribution in [0.25, 0.3) is 0 Å². The summed E-state index contributed by atoms with van der Waals surface area (Å²) in [5.74, 6) is 2.93. The number of nitrogens with one attached hydrogen (secondary N) is 1. The van der Waals surface area contributed by atoms with E-state index in [1.165, 1.54) is 0 Å². The van der Waals surface area contributed by atoms with Crippen molar-refractivity contribution in [1.29, 1.82) is 0 Å². The molecule has 0 radical (unpaired) electrons. The Morgan fingerprint density at radius 1 is 0.684 bits per heavy atom. The summed E-state index contributed by atoms with van der Waals surface area (Å²) >= 11 is 0. The second-order valence-corrected chi connectivity index (χ2v) is 4.20. The number of fused-ring (bicyclic) bond motifs is 2. The van der Waals surface area contributed by atoms with Crippen molar-refractivity contribution in [3.63, 3.8) is 0 Å². The fourth-order valence-electron chi connectivity index (χ4n) is 2.20. The first-order valence-electron chi connectivity index (χ1n) is 5.96. The Kier molecular flexibility index (Phi) is 2.17. The van der Waals surface area contributed by atoms with Gasteiger partial charge in [-0.2, -0.15) is 0 Å². The molecule has 19 heavy (non-hydrogen) atoms. The van der Waals surface area contributed by atoms with Crippen LogP contribution < -0.4 is 24.3 Å². The summed E-state index contributed by atoms with van der Waals surface area (Å²) in [5, 5.41) is 3.29. The van der Waals surface area contributed by atoms with Gasteiger partial charge in [-0.25, -0.2) is 0 Å². The lowest BCUT2D eigenvalue weighted by Gasteiger charge is -2.11. The highest BCUT2D eigenvalue weighted by Gasteiger charge is 2.21. The SMILES string of the molecule is c1cc(Nc2cccc3c2OCO3)c2c(c1)OCO2. The molecule has 1 N–H and O–H groups in total. The third-order valence-corrected chi connectivity index (χ3v) is 3.06. The van der Waals surface area contributed by atoms with Crippen molar-refractivity contribution in [1.82, 2.24) is 0 Å². The van der Waals surface area contributed by atoms with E-state index in [4.69, 9.17) is 18.9 Å². The highest BCUT2D eigenvalue weighted by molar-refractivity contribution is 5.75. The summed E-state index contributed by atoms with van der Waals surface area (Å²) in [6.07, 6.45) is 0. The Morgan fingerprint density at radius 2 is 1.21 bits per heavy atom. The first kappa shape index (κ1) is 10.4. The fourth-order valence-corrected chi connectivity index (χ4v) is 2.20. The Balaban J connectivity index is 1.73. The van der Waals surface area contributed by atoms with Gasteiger partial charge in [-0.15, -0.1) is 0 Å². The van der Waals surface area contributed by atoms with Gasteiger partial charge in [0.2, 0.25) is 13.6 Å². The van der Waals surface area contributed by atoms with Crippen molar-refractivity contribution >= 4 is 11.4 Å². The number of rotatable bonds is 2. The minimum Gasteiger partial charge on any atom is -0.454 e. The summed E-state index contributed by atoms with van der Waals surface area (Å²) in [6, 6.07) is 11.4. The van der Waals surface area contributed by atoms with E-state index in [2.05, 4.69) is 5.32 Å². The molecule has 2 aromatic carbocycles. The van der Waals surface area contributed by atoms with Crippen molar-refractivity contribution in [2.45, 2.75) is 0 Å². The molecular formula is C14H11NO4. The van der Waals surface area contributed by atoms with Crippen LogP contribution in [0, 0.1) is 0 Å². The molecule has 0 aromatic heterocycles. The molecule has 0 spiro atoms. The van der Waals surface area contributed by atoms with Gasteiger partial charge >= 0.3 is 0 Å². The minimum absolute atomic E-state index is 0.251. The van der Waals surface area contributed by atoms with Crippen LogP contribution in [0.4, 0.5) is 11.4 Å². The van der Waals surface area contributed by atoms with Gasteiger partial charge in [0.1, 0.15) is 0 Å². The lowest BCUT2D eigenvalue weighted by Crippen LogP contribution is -1.97. The number of benzene rings is 2. The van der Waals surface area contributed by atoms with Crippen molar-refractivity contribution in [2.75, 3.05) is 18.9 Å². The molecule has 4 rings (SSSR count). The van der Waals surface area contributed by atoms with E-state index in [-0.39, 0.29) is 13.6 Å². The molecule has 0 bridgehead atoms. The van der Waals surface area contributed by atoms with Crippen LogP contribution in [0.15, 0.2) is 36.4 Å². The predicted octanol–water partition coefficient (Wildman–Crippen LogP) is 2.89. The molecule has 0 unspecified atom stereocenters. The van der Waals surface area contributed by atoms with E-state index in [1.54, 1.807) is 0 Å². The average molecular weight is 257 g/mol. The maximum Gasteiger partial charge on any atom is 0.231 e. The molecule has 0 saturated heterocycles. The zero-order valence-corrected chi connectivity index (χ0v) is 10.0. The molecule has 0 amide bonds. The lowest BCUT2D eigenvalue weighted by atomic mass is 10.2. The molecule has 0 fully saturated rings. The van der Waals surface area contributed by atoms with Crippen LogP contribution in [-0.2, 0) is 0 Å². The largest absolute Gasteiger partial charge is 0.454 e. The smallest absolute Gasteiger partial charge is 0.231 e. The highest BCUT2D eigenvalue weighted by atomic mass is 16.7. The zero-order chi connectivity index (χ0) is 12.7. The summed E-state index contributed by atoms with van der Waals surface area (Å²) in [5.41, 5.74) is 1.69. The molecule has 2 aromatic rings. The number of hydrogen-bond donors (Lipinski definition) is 1. The topological polar surface area (TPSA) is 49.0 Å². The van der Waals surface area contributed by atoms with Crippen molar-refractivity contribution in [2.24, 2.45) is 0 Å². The molecule has 5 nitrogen and oxygen atoms in total. The van der Waals surface area contributed by atoms with E-state index in [1.807, 2.05) is 36.4 Å². The van der Waals surface area contributed by atoms with E-state index >= 15 is 0 Å². The molecule has 0 atom stereocenters. The van der Waals surface area contributed by atoms with E-state index in [9.17, 15) is 0 Å². The van der Waals surface area contributed by atoms with Crippen LogP contribution in [0.1, 0.15) is 0 Å². The Bertz CT molecular complexity index is 586. The van der Waals surface area contributed by atoms with Gasteiger partial charge in [-0.1, -0.05) is 12.1 Å². The Labute approximate surface area is 109 Å². The standard InChI is InChI=1S/C14H11NO4/c1-3-9(13-11(5-1)16-7-18-13)15-10-4-2-6-12-14(10)19-8-17-12/h1-6,15H,7-8H2. The van der Waals surface area contributed by atoms with Gasteiger partial charge < -0.3 is 24.3 Å². The predicted molar refractivity (Wildman–Crippen MR) is 68.4 cm³/mol. The van der Waals surface area contributed by atoms with Gasteiger partial charge in [0.15, 0.2) is 23.0 Å². The first-order valence-corrected chi connectivity index (χ1v) is 5.96. The van der Waals surface area contributed by atoms with Crippen LogP contribution >= 0.6 is 0 Å². The highest BCUT2D eigenvalue weighted by Crippen LogP contribution is 2.44. The number of hydrogen-bond acceptors (Lipinski definition) is 5. The van der Waals surface area contributed by atoms with Gasteiger partial charge in [0, 0.05) is 0 Å². The van der Waals surface area contributed by atoms with Crippen LogP contribution in [-0.4, -0.2) is 13.6 Å². The third kappa shape index (κ3) is 1.62. The molecule has 0 saturated carbocycles. The zero-order valence-electron chi connectivity index (χ0n) is 10.0. The summed E-state index contributed by atoms with van der Waals surface area (Å²) in [6.45, 7) is 0.501. The van der Waals surface area contributed by atoms with E-state index in [0.717, 1.165) is 34.4 Å². The molecule has 5 heteroatoms. The maximum atomic E-state index is 5.46. The summed E-state index contributed by atoms with van der Waals surface area (Å²) < 4.78 is 21.6. The normalized spacial score (nSPS) is 14.5. The monoisotopic (exact) mass is 257 g/mol. The fraction of sp³-hybridized carbons (Fsp3) is 0.143. The second-order valence-electron chi connectivity index (χ2n) is 4.20. The van der Waals surface area contributed by atoms with E-state index in [0.29, 0.717) is 0 Å². The summed E-state index contributed by atoms with van der Waals surface area (Å²) in [4.78, 5) is 0. The van der Waals surface area contributed by atoms with Gasteiger partial charge in [0.05, 0.1) is 11.4 Å².